The van der Waals surface area contributed by atoms with Crippen molar-refractivity contribution in [3.8, 4) is 5.75 Å². The second-order valence-electron chi connectivity index (χ2n) is 6.59. The average Bonchev–Trinajstić information content (AvgIpc) is 2.60. The van der Waals surface area contributed by atoms with Gasteiger partial charge in [-0.2, -0.15) is 0 Å². The minimum atomic E-state index is 0.0742. The topological polar surface area (TPSA) is 50.4 Å². The van der Waals surface area contributed by atoms with E-state index in [2.05, 4.69) is 24.5 Å². The number of amides is 1. The Kier molecular flexibility index (Phi) is 6.90. The zero-order valence-electron chi connectivity index (χ0n) is 14.6. The molecule has 1 aliphatic rings. The first kappa shape index (κ1) is 17.8. The Labute approximate surface area is 140 Å². The predicted octanol–water partition coefficient (Wildman–Crippen LogP) is 3.29. The third-order valence-electron chi connectivity index (χ3n) is 4.91. The predicted molar refractivity (Wildman–Crippen MR) is 93.5 cm³/mol. The van der Waals surface area contributed by atoms with Gasteiger partial charge < -0.3 is 15.4 Å². The Morgan fingerprint density at radius 1 is 1.39 bits per heavy atom. The van der Waals surface area contributed by atoms with Crippen LogP contribution < -0.4 is 15.4 Å². The number of methoxy groups -OCH3 is 1. The van der Waals surface area contributed by atoms with Gasteiger partial charge in [0.25, 0.3) is 0 Å². The first-order valence-electron chi connectivity index (χ1n) is 8.78. The van der Waals surface area contributed by atoms with Crippen molar-refractivity contribution < 1.29 is 9.53 Å². The molecule has 1 aromatic carbocycles. The van der Waals surface area contributed by atoms with Crippen LogP contribution in [0.25, 0.3) is 0 Å². The lowest BCUT2D eigenvalue weighted by molar-refractivity contribution is -0.123. The average molecular weight is 318 g/mol. The van der Waals surface area contributed by atoms with E-state index in [4.69, 9.17) is 4.74 Å². The molecule has 1 fully saturated rings. The molecule has 4 heteroatoms. The molecule has 0 spiro atoms. The molecule has 23 heavy (non-hydrogen) atoms. The monoisotopic (exact) mass is 318 g/mol. The summed E-state index contributed by atoms with van der Waals surface area (Å²) in [6, 6.07) is 8.02. The number of carbonyl (C=O) groups excluding carboxylic acids is 1. The Morgan fingerprint density at radius 3 is 2.70 bits per heavy atom. The number of hydrogen-bond donors (Lipinski definition) is 2. The number of carbonyl (C=O) groups is 1. The molecule has 3 atom stereocenters. The fourth-order valence-corrected chi connectivity index (χ4v) is 3.33. The maximum absolute atomic E-state index is 12.4. The van der Waals surface area contributed by atoms with Gasteiger partial charge in [0.15, 0.2) is 0 Å². The number of nitrogens with one attached hydrogen (secondary N) is 2. The SMILES string of the molecule is CCC(NC(=O)CC(C)C1CCCNC1)c1ccc(OC)cc1. The highest BCUT2D eigenvalue weighted by Crippen LogP contribution is 2.24. The van der Waals surface area contributed by atoms with Crippen LogP contribution in [0.1, 0.15) is 51.1 Å². The van der Waals surface area contributed by atoms with E-state index in [-0.39, 0.29) is 11.9 Å². The first-order valence-corrected chi connectivity index (χ1v) is 8.78. The summed E-state index contributed by atoms with van der Waals surface area (Å²) in [4.78, 5) is 12.4. The molecule has 0 aliphatic carbocycles. The maximum Gasteiger partial charge on any atom is 0.220 e. The van der Waals surface area contributed by atoms with Gasteiger partial charge in [-0.25, -0.2) is 0 Å². The molecule has 1 aromatic rings. The van der Waals surface area contributed by atoms with Crippen LogP contribution in [-0.2, 0) is 4.79 Å². The summed E-state index contributed by atoms with van der Waals surface area (Å²) < 4.78 is 5.19. The standard InChI is InChI=1S/C19H30N2O2/c1-4-18(15-7-9-17(23-3)10-8-15)21-19(22)12-14(2)16-6-5-11-20-13-16/h7-10,14,16,18,20H,4-6,11-13H2,1-3H3,(H,21,22). The second-order valence-corrected chi connectivity index (χ2v) is 6.59. The fourth-order valence-electron chi connectivity index (χ4n) is 3.33. The van der Waals surface area contributed by atoms with Gasteiger partial charge in [0, 0.05) is 6.42 Å². The van der Waals surface area contributed by atoms with Crippen LogP contribution in [0.4, 0.5) is 0 Å². The summed E-state index contributed by atoms with van der Waals surface area (Å²) in [7, 11) is 1.66. The van der Waals surface area contributed by atoms with Crippen LogP contribution >= 0.6 is 0 Å². The fraction of sp³-hybridized carbons (Fsp3) is 0.632. The van der Waals surface area contributed by atoms with E-state index in [0.29, 0.717) is 18.3 Å². The van der Waals surface area contributed by atoms with Crippen LogP contribution in [0, 0.1) is 11.8 Å². The van der Waals surface area contributed by atoms with Crippen molar-refractivity contribution in [1.82, 2.24) is 10.6 Å². The molecule has 0 aromatic heterocycles. The minimum Gasteiger partial charge on any atom is -0.497 e. The van der Waals surface area contributed by atoms with Crippen molar-refractivity contribution in [2.75, 3.05) is 20.2 Å². The summed E-state index contributed by atoms with van der Waals surface area (Å²) in [5.41, 5.74) is 1.13. The zero-order valence-corrected chi connectivity index (χ0v) is 14.6. The molecule has 0 radical (unpaired) electrons. The number of piperidine rings is 1. The number of hydrogen-bond acceptors (Lipinski definition) is 3. The van der Waals surface area contributed by atoms with Gasteiger partial charge in [0.2, 0.25) is 5.91 Å². The Bertz CT molecular complexity index is 481. The normalized spacial score (nSPS) is 20.6. The van der Waals surface area contributed by atoms with Gasteiger partial charge in [0.1, 0.15) is 5.75 Å². The van der Waals surface area contributed by atoms with E-state index in [1.54, 1.807) is 7.11 Å². The molecular weight excluding hydrogens is 288 g/mol. The first-order chi connectivity index (χ1) is 11.1. The van der Waals surface area contributed by atoms with Gasteiger partial charge in [-0.3, -0.25) is 4.79 Å². The molecule has 1 aliphatic heterocycles. The number of benzene rings is 1. The van der Waals surface area contributed by atoms with Crippen molar-refractivity contribution in [3.05, 3.63) is 29.8 Å². The molecule has 0 bridgehead atoms. The van der Waals surface area contributed by atoms with Crippen molar-refractivity contribution >= 4 is 5.91 Å². The zero-order chi connectivity index (χ0) is 16.7. The van der Waals surface area contributed by atoms with Crippen molar-refractivity contribution in [2.45, 2.75) is 45.6 Å². The Balaban J connectivity index is 1.88. The van der Waals surface area contributed by atoms with Crippen LogP contribution in [0.2, 0.25) is 0 Å². The third-order valence-corrected chi connectivity index (χ3v) is 4.91. The summed E-state index contributed by atoms with van der Waals surface area (Å²) in [6.07, 6.45) is 3.95. The molecule has 1 amide bonds. The van der Waals surface area contributed by atoms with Crippen LogP contribution in [0.3, 0.4) is 0 Å². The second kappa shape index (κ2) is 8.92. The van der Waals surface area contributed by atoms with E-state index < -0.39 is 0 Å². The summed E-state index contributed by atoms with van der Waals surface area (Å²) in [5.74, 6) is 2.05. The molecule has 1 saturated heterocycles. The third kappa shape index (κ3) is 5.24. The molecule has 128 valence electrons. The van der Waals surface area contributed by atoms with Crippen LogP contribution in [0.5, 0.6) is 5.75 Å². The Hall–Kier alpha value is -1.55. The van der Waals surface area contributed by atoms with E-state index in [1.165, 1.54) is 12.8 Å². The van der Waals surface area contributed by atoms with Crippen LogP contribution in [0.15, 0.2) is 24.3 Å². The highest BCUT2D eigenvalue weighted by molar-refractivity contribution is 5.76. The highest BCUT2D eigenvalue weighted by atomic mass is 16.5. The van der Waals surface area contributed by atoms with Crippen molar-refractivity contribution in [2.24, 2.45) is 11.8 Å². The van der Waals surface area contributed by atoms with E-state index in [9.17, 15) is 4.79 Å². The van der Waals surface area contributed by atoms with E-state index in [1.807, 2.05) is 24.3 Å². The molecular formula is C19H30N2O2. The summed E-state index contributed by atoms with van der Waals surface area (Å²) >= 11 is 0. The van der Waals surface area contributed by atoms with Gasteiger partial charge in [-0.1, -0.05) is 26.0 Å². The van der Waals surface area contributed by atoms with Crippen molar-refractivity contribution in [1.29, 1.82) is 0 Å². The van der Waals surface area contributed by atoms with E-state index in [0.717, 1.165) is 30.8 Å². The minimum absolute atomic E-state index is 0.0742. The smallest absolute Gasteiger partial charge is 0.220 e. The van der Waals surface area contributed by atoms with Gasteiger partial charge >= 0.3 is 0 Å². The lowest BCUT2D eigenvalue weighted by Crippen LogP contribution is -2.36. The number of rotatable bonds is 7. The molecule has 3 unspecified atom stereocenters. The van der Waals surface area contributed by atoms with Crippen molar-refractivity contribution in [3.63, 3.8) is 0 Å². The van der Waals surface area contributed by atoms with Gasteiger partial charge in [-0.15, -0.1) is 0 Å². The molecule has 1 heterocycles. The summed E-state index contributed by atoms with van der Waals surface area (Å²) in [5, 5.41) is 6.62. The lowest BCUT2D eigenvalue weighted by Gasteiger charge is -2.28. The maximum atomic E-state index is 12.4. The Morgan fingerprint density at radius 2 is 2.13 bits per heavy atom. The molecule has 4 nitrogen and oxygen atoms in total. The largest absolute Gasteiger partial charge is 0.497 e. The quantitative estimate of drug-likeness (QED) is 0.811. The molecule has 2 N–H and O–H groups in total. The van der Waals surface area contributed by atoms with Crippen LogP contribution in [-0.4, -0.2) is 26.1 Å². The highest BCUT2D eigenvalue weighted by Gasteiger charge is 2.23. The lowest BCUT2D eigenvalue weighted by atomic mass is 9.85. The number of ether oxygens (including phenoxy) is 1. The van der Waals surface area contributed by atoms with Gasteiger partial charge in [-0.05, 0) is 61.9 Å². The molecule has 2 rings (SSSR count). The summed E-state index contributed by atoms with van der Waals surface area (Å²) in [6.45, 7) is 6.46. The van der Waals surface area contributed by atoms with E-state index >= 15 is 0 Å². The molecule has 0 saturated carbocycles. The van der Waals surface area contributed by atoms with Gasteiger partial charge in [0.05, 0.1) is 13.2 Å².